The van der Waals surface area contributed by atoms with Gasteiger partial charge in [-0.3, -0.25) is 4.79 Å². The summed E-state index contributed by atoms with van der Waals surface area (Å²) in [6.07, 6.45) is 0. The number of hydrogen-bond acceptors (Lipinski definition) is 4. The van der Waals surface area contributed by atoms with Crippen LogP contribution < -0.4 is 4.89 Å². The summed E-state index contributed by atoms with van der Waals surface area (Å²) in [6, 6.07) is 7.46. The maximum Gasteiger partial charge on any atom is 0.302 e. The van der Waals surface area contributed by atoms with Crippen molar-refractivity contribution in [2.24, 2.45) is 0 Å². The Kier molecular flexibility index (Phi) is 4.63. The predicted molar refractivity (Wildman–Crippen MR) is 54.4 cm³/mol. The van der Waals surface area contributed by atoms with Crippen molar-refractivity contribution in [3.05, 3.63) is 29.8 Å². The number of ether oxygens (including phenoxy) is 1. The molecule has 15 heavy (non-hydrogen) atoms. The van der Waals surface area contributed by atoms with E-state index in [9.17, 15) is 4.79 Å². The third-order valence-corrected chi connectivity index (χ3v) is 1.65. The number of benzene rings is 1. The van der Waals surface area contributed by atoms with Gasteiger partial charge < -0.3 is 9.62 Å². The molecule has 0 aliphatic heterocycles. The zero-order valence-electron chi connectivity index (χ0n) is 8.86. The fraction of sp³-hybridized carbons (Fsp3) is 0.364. The smallest absolute Gasteiger partial charge is 0.302 e. The van der Waals surface area contributed by atoms with E-state index in [0.717, 1.165) is 5.56 Å². The maximum absolute atomic E-state index is 10.4. The quantitative estimate of drug-likeness (QED) is 0.322. The molecule has 0 heterocycles. The van der Waals surface area contributed by atoms with Crippen molar-refractivity contribution in [1.82, 2.24) is 0 Å². The van der Waals surface area contributed by atoms with Crippen LogP contribution >= 0.6 is 0 Å². The molecule has 0 saturated heterocycles. The topological polar surface area (TPSA) is 44.8 Å². The molecular formula is C11H14O4. The van der Waals surface area contributed by atoms with E-state index in [2.05, 4.69) is 4.74 Å². The second kappa shape index (κ2) is 6.03. The molecule has 0 fully saturated rings. The molecule has 0 unspecified atom stereocenters. The van der Waals surface area contributed by atoms with E-state index in [1.54, 1.807) is 12.1 Å². The number of aryl methyl sites for hydroxylation is 1. The van der Waals surface area contributed by atoms with Crippen molar-refractivity contribution < 1.29 is 19.3 Å². The minimum Gasteiger partial charge on any atom is -0.463 e. The molecule has 1 aromatic carbocycles. The number of carbonyl (C=O) groups is 1. The second-order valence-electron chi connectivity index (χ2n) is 3.06. The fourth-order valence-electron chi connectivity index (χ4n) is 0.923. The van der Waals surface area contributed by atoms with Crippen LogP contribution in [0.3, 0.4) is 0 Å². The van der Waals surface area contributed by atoms with E-state index in [0.29, 0.717) is 5.75 Å². The van der Waals surface area contributed by atoms with Crippen molar-refractivity contribution in [2.45, 2.75) is 13.8 Å². The van der Waals surface area contributed by atoms with E-state index in [1.165, 1.54) is 6.92 Å². The van der Waals surface area contributed by atoms with Crippen LogP contribution in [0.5, 0.6) is 5.75 Å². The van der Waals surface area contributed by atoms with E-state index < -0.39 is 0 Å². The summed E-state index contributed by atoms with van der Waals surface area (Å²) >= 11 is 0. The van der Waals surface area contributed by atoms with Crippen LogP contribution in [0.15, 0.2) is 24.3 Å². The Balaban J connectivity index is 2.15. The molecule has 1 aromatic rings. The second-order valence-corrected chi connectivity index (χ2v) is 3.06. The zero-order chi connectivity index (χ0) is 11.1. The lowest BCUT2D eigenvalue weighted by Gasteiger charge is -2.05. The van der Waals surface area contributed by atoms with Crippen molar-refractivity contribution in [3.63, 3.8) is 0 Å². The fourth-order valence-corrected chi connectivity index (χ4v) is 0.923. The normalized spacial score (nSPS) is 9.73. The van der Waals surface area contributed by atoms with Gasteiger partial charge in [-0.2, -0.15) is 4.89 Å². The lowest BCUT2D eigenvalue weighted by Crippen LogP contribution is -2.09. The van der Waals surface area contributed by atoms with E-state index in [-0.39, 0.29) is 19.2 Å². The molecule has 4 nitrogen and oxygen atoms in total. The molecule has 1 rings (SSSR count). The summed E-state index contributed by atoms with van der Waals surface area (Å²) in [5.74, 6) is 0.303. The van der Waals surface area contributed by atoms with Gasteiger partial charge in [-0.1, -0.05) is 17.7 Å². The molecule has 82 valence electrons. The van der Waals surface area contributed by atoms with Crippen molar-refractivity contribution in [3.8, 4) is 5.75 Å². The standard InChI is InChI=1S/C11H14O4/c1-9-3-5-11(6-4-9)15-14-8-7-13-10(2)12/h3-6H,7-8H2,1-2H3. The number of rotatable bonds is 5. The van der Waals surface area contributed by atoms with E-state index in [1.807, 2.05) is 19.1 Å². The van der Waals surface area contributed by atoms with Gasteiger partial charge in [-0.05, 0) is 19.1 Å². The Morgan fingerprint density at radius 2 is 1.87 bits per heavy atom. The lowest BCUT2D eigenvalue weighted by molar-refractivity contribution is -0.215. The summed E-state index contributed by atoms with van der Waals surface area (Å²) in [5.41, 5.74) is 1.15. The Bertz CT molecular complexity index is 305. The lowest BCUT2D eigenvalue weighted by atomic mass is 10.2. The highest BCUT2D eigenvalue weighted by atomic mass is 17.2. The first-order valence-corrected chi connectivity index (χ1v) is 4.68. The molecule has 0 atom stereocenters. The van der Waals surface area contributed by atoms with Gasteiger partial charge in [0.15, 0.2) is 5.75 Å². The summed E-state index contributed by atoms with van der Waals surface area (Å²) in [7, 11) is 0. The van der Waals surface area contributed by atoms with Gasteiger partial charge in [0, 0.05) is 6.92 Å². The van der Waals surface area contributed by atoms with Crippen molar-refractivity contribution in [2.75, 3.05) is 13.2 Å². The molecule has 0 bridgehead atoms. The first-order chi connectivity index (χ1) is 7.18. The molecule has 0 radical (unpaired) electrons. The minimum atomic E-state index is -0.325. The molecule has 0 amide bonds. The highest BCUT2D eigenvalue weighted by molar-refractivity contribution is 5.65. The largest absolute Gasteiger partial charge is 0.463 e. The summed E-state index contributed by atoms with van der Waals surface area (Å²) in [4.78, 5) is 20.2. The Morgan fingerprint density at radius 3 is 2.47 bits per heavy atom. The molecule has 0 aliphatic rings. The number of carbonyl (C=O) groups excluding carboxylic acids is 1. The molecule has 0 N–H and O–H groups in total. The molecule has 0 spiro atoms. The first-order valence-electron chi connectivity index (χ1n) is 4.68. The average Bonchev–Trinajstić information content (AvgIpc) is 2.20. The molecular weight excluding hydrogens is 196 g/mol. The number of hydrogen-bond donors (Lipinski definition) is 0. The first kappa shape index (κ1) is 11.5. The van der Waals surface area contributed by atoms with Crippen molar-refractivity contribution >= 4 is 5.97 Å². The van der Waals surface area contributed by atoms with Crippen LogP contribution in [0.2, 0.25) is 0 Å². The number of esters is 1. The average molecular weight is 210 g/mol. The van der Waals surface area contributed by atoms with Gasteiger partial charge in [-0.25, -0.2) is 0 Å². The highest BCUT2D eigenvalue weighted by Crippen LogP contribution is 2.11. The Labute approximate surface area is 88.7 Å². The van der Waals surface area contributed by atoms with Gasteiger partial charge in [0.1, 0.15) is 13.2 Å². The predicted octanol–water partition coefficient (Wildman–Crippen LogP) is 1.87. The van der Waals surface area contributed by atoms with Gasteiger partial charge in [0.05, 0.1) is 0 Å². The molecule has 0 saturated carbocycles. The van der Waals surface area contributed by atoms with Gasteiger partial charge in [-0.15, -0.1) is 0 Å². The highest BCUT2D eigenvalue weighted by Gasteiger charge is 1.95. The summed E-state index contributed by atoms with van der Waals surface area (Å²) < 4.78 is 4.65. The summed E-state index contributed by atoms with van der Waals surface area (Å²) in [5, 5.41) is 0. The van der Waals surface area contributed by atoms with Crippen LogP contribution in [0, 0.1) is 6.92 Å². The summed E-state index contributed by atoms with van der Waals surface area (Å²) in [6.45, 7) is 3.75. The van der Waals surface area contributed by atoms with Crippen LogP contribution in [-0.4, -0.2) is 19.2 Å². The van der Waals surface area contributed by atoms with Gasteiger partial charge in [0.25, 0.3) is 0 Å². The minimum absolute atomic E-state index is 0.196. The van der Waals surface area contributed by atoms with Crippen LogP contribution in [0.4, 0.5) is 0 Å². The van der Waals surface area contributed by atoms with Crippen LogP contribution in [-0.2, 0) is 14.4 Å². The third-order valence-electron chi connectivity index (χ3n) is 1.65. The maximum atomic E-state index is 10.4. The molecule has 4 heteroatoms. The Hall–Kier alpha value is -1.55. The van der Waals surface area contributed by atoms with Gasteiger partial charge >= 0.3 is 5.97 Å². The Morgan fingerprint density at radius 1 is 1.20 bits per heavy atom. The van der Waals surface area contributed by atoms with Crippen LogP contribution in [0.1, 0.15) is 12.5 Å². The van der Waals surface area contributed by atoms with Gasteiger partial charge in [0.2, 0.25) is 0 Å². The van der Waals surface area contributed by atoms with E-state index >= 15 is 0 Å². The van der Waals surface area contributed by atoms with Crippen LogP contribution in [0.25, 0.3) is 0 Å². The third kappa shape index (κ3) is 5.02. The molecule has 0 aliphatic carbocycles. The molecule has 0 aromatic heterocycles. The van der Waals surface area contributed by atoms with E-state index in [4.69, 9.17) is 9.78 Å². The monoisotopic (exact) mass is 210 g/mol. The SMILES string of the molecule is CC(=O)OCCOOc1ccc(C)cc1. The van der Waals surface area contributed by atoms with Crippen molar-refractivity contribution in [1.29, 1.82) is 0 Å². The zero-order valence-corrected chi connectivity index (χ0v) is 8.86.